The second-order valence-corrected chi connectivity index (χ2v) is 5.77. The Hall–Kier alpha value is -1.58. The lowest BCUT2D eigenvalue weighted by Gasteiger charge is -2.31. The molecule has 20 heavy (non-hydrogen) atoms. The minimum Gasteiger partial charge on any atom is -0.478 e. The fourth-order valence-corrected chi connectivity index (χ4v) is 2.50. The van der Waals surface area contributed by atoms with Crippen molar-refractivity contribution in [3.63, 3.8) is 0 Å². The number of amides is 1. The number of rotatable bonds is 3. The molecule has 1 heterocycles. The number of carbonyl (C=O) groups is 1. The van der Waals surface area contributed by atoms with Gasteiger partial charge in [0, 0.05) is 13.1 Å². The third kappa shape index (κ3) is 3.71. The summed E-state index contributed by atoms with van der Waals surface area (Å²) in [6, 6.07) is 5.77. The van der Waals surface area contributed by atoms with Crippen molar-refractivity contribution in [2.24, 2.45) is 0 Å². The maximum Gasteiger partial charge on any atom is 0.266 e. The van der Waals surface area contributed by atoms with Crippen molar-refractivity contribution in [1.29, 1.82) is 0 Å². The molecule has 1 aromatic carbocycles. The normalized spacial score (nSPS) is 16.6. The number of benzene rings is 1. The van der Waals surface area contributed by atoms with Gasteiger partial charge in [-0.25, -0.2) is 4.39 Å². The predicted molar refractivity (Wildman–Crippen MR) is 76.2 cm³/mol. The average Bonchev–Trinajstić information content (AvgIpc) is 2.69. The van der Waals surface area contributed by atoms with Crippen LogP contribution in [0.3, 0.4) is 0 Å². The predicted octanol–water partition coefficient (Wildman–Crippen LogP) is 3.39. The highest BCUT2D eigenvalue weighted by atomic mass is 19.1. The molecule has 1 aliphatic rings. The summed E-state index contributed by atoms with van der Waals surface area (Å²) >= 11 is 0. The molecule has 0 aromatic heterocycles. The molecule has 0 atom stereocenters. The average molecular weight is 279 g/mol. The number of carbonyl (C=O) groups excluding carboxylic acids is 1. The van der Waals surface area contributed by atoms with Crippen molar-refractivity contribution in [2.45, 2.75) is 45.1 Å². The van der Waals surface area contributed by atoms with Gasteiger partial charge in [-0.2, -0.15) is 0 Å². The van der Waals surface area contributed by atoms with E-state index < -0.39 is 5.60 Å². The smallest absolute Gasteiger partial charge is 0.266 e. The lowest BCUT2D eigenvalue weighted by molar-refractivity contribution is -0.145. The Morgan fingerprint density at radius 1 is 1.10 bits per heavy atom. The van der Waals surface area contributed by atoms with Crippen LogP contribution in [0.25, 0.3) is 0 Å². The van der Waals surface area contributed by atoms with Gasteiger partial charge in [0.25, 0.3) is 5.91 Å². The molecule has 0 unspecified atom stereocenters. The number of ether oxygens (including phenoxy) is 1. The molecule has 1 aromatic rings. The van der Waals surface area contributed by atoms with E-state index in [4.69, 9.17) is 4.74 Å². The maximum atomic E-state index is 12.9. The lowest BCUT2D eigenvalue weighted by Crippen LogP contribution is -2.49. The highest BCUT2D eigenvalue weighted by Crippen LogP contribution is 2.22. The van der Waals surface area contributed by atoms with E-state index in [1.807, 2.05) is 4.90 Å². The van der Waals surface area contributed by atoms with Gasteiger partial charge in [0.15, 0.2) is 5.60 Å². The van der Waals surface area contributed by atoms with Crippen LogP contribution < -0.4 is 4.74 Å². The number of halogens is 1. The summed E-state index contributed by atoms with van der Waals surface area (Å²) in [6.45, 7) is 5.14. The van der Waals surface area contributed by atoms with Crippen molar-refractivity contribution in [3.05, 3.63) is 30.1 Å². The first-order valence-electron chi connectivity index (χ1n) is 7.23. The molecule has 1 amide bonds. The standard InChI is InChI=1S/C16H22FNO2/c1-16(2,20-14-9-7-13(17)8-10-14)15(19)18-11-5-3-4-6-12-18/h7-10H,3-6,11-12H2,1-2H3. The van der Waals surface area contributed by atoms with E-state index >= 15 is 0 Å². The van der Waals surface area contributed by atoms with Crippen LogP contribution in [0.1, 0.15) is 39.5 Å². The van der Waals surface area contributed by atoms with E-state index in [0.29, 0.717) is 5.75 Å². The fourth-order valence-electron chi connectivity index (χ4n) is 2.50. The van der Waals surface area contributed by atoms with Gasteiger partial charge < -0.3 is 9.64 Å². The Labute approximate surface area is 119 Å². The molecule has 4 heteroatoms. The van der Waals surface area contributed by atoms with Crippen LogP contribution in [0.2, 0.25) is 0 Å². The van der Waals surface area contributed by atoms with Crippen LogP contribution in [0.4, 0.5) is 4.39 Å². The summed E-state index contributed by atoms with van der Waals surface area (Å²) in [5, 5.41) is 0. The molecule has 1 saturated heterocycles. The van der Waals surface area contributed by atoms with Gasteiger partial charge in [-0.15, -0.1) is 0 Å². The van der Waals surface area contributed by atoms with E-state index in [-0.39, 0.29) is 11.7 Å². The third-order valence-corrected chi connectivity index (χ3v) is 3.59. The lowest BCUT2D eigenvalue weighted by atomic mass is 10.1. The molecule has 0 bridgehead atoms. The topological polar surface area (TPSA) is 29.5 Å². The molecule has 0 aliphatic carbocycles. The highest BCUT2D eigenvalue weighted by Gasteiger charge is 2.34. The zero-order chi connectivity index (χ0) is 14.6. The first-order chi connectivity index (χ1) is 9.49. The second kappa shape index (κ2) is 6.25. The third-order valence-electron chi connectivity index (χ3n) is 3.59. The van der Waals surface area contributed by atoms with Crippen LogP contribution >= 0.6 is 0 Å². The highest BCUT2D eigenvalue weighted by molar-refractivity contribution is 5.84. The molecule has 1 aliphatic heterocycles. The van der Waals surface area contributed by atoms with Crippen LogP contribution in [0.15, 0.2) is 24.3 Å². The summed E-state index contributed by atoms with van der Waals surface area (Å²) in [5.74, 6) is 0.206. The van der Waals surface area contributed by atoms with Gasteiger partial charge in [-0.3, -0.25) is 4.79 Å². The Balaban J connectivity index is 2.04. The molecule has 110 valence electrons. The van der Waals surface area contributed by atoms with Crippen molar-refractivity contribution in [1.82, 2.24) is 4.90 Å². The van der Waals surface area contributed by atoms with Gasteiger partial charge in [0.05, 0.1) is 0 Å². The van der Waals surface area contributed by atoms with Crippen LogP contribution in [-0.2, 0) is 4.79 Å². The number of nitrogens with zero attached hydrogens (tertiary/aromatic N) is 1. The van der Waals surface area contributed by atoms with E-state index in [1.54, 1.807) is 26.0 Å². The van der Waals surface area contributed by atoms with Crippen molar-refractivity contribution in [2.75, 3.05) is 13.1 Å². The molecule has 0 radical (unpaired) electrons. The van der Waals surface area contributed by atoms with Gasteiger partial charge in [-0.05, 0) is 51.0 Å². The van der Waals surface area contributed by atoms with E-state index in [0.717, 1.165) is 25.9 Å². The van der Waals surface area contributed by atoms with Crippen LogP contribution in [0.5, 0.6) is 5.75 Å². The first-order valence-corrected chi connectivity index (χ1v) is 7.23. The van der Waals surface area contributed by atoms with Gasteiger partial charge in [-0.1, -0.05) is 12.8 Å². The van der Waals surface area contributed by atoms with Crippen molar-refractivity contribution < 1.29 is 13.9 Å². The van der Waals surface area contributed by atoms with E-state index in [1.165, 1.54) is 25.0 Å². The Bertz CT molecular complexity index is 448. The molecule has 1 fully saturated rings. The Morgan fingerprint density at radius 2 is 1.65 bits per heavy atom. The quantitative estimate of drug-likeness (QED) is 0.849. The van der Waals surface area contributed by atoms with E-state index in [9.17, 15) is 9.18 Å². The Morgan fingerprint density at radius 3 is 2.20 bits per heavy atom. The molecular formula is C16H22FNO2. The first kappa shape index (κ1) is 14.8. The minimum atomic E-state index is -0.928. The Kier molecular flexibility index (Phi) is 4.63. The van der Waals surface area contributed by atoms with Crippen LogP contribution in [0, 0.1) is 5.82 Å². The van der Waals surface area contributed by atoms with E-state index in [2.05, 4.69) is 0 Å². The number of hydrogen-bond donors (Lipinski definition) is 0. The summed E-state index contributed by atoms with van der Waals surface area (Å²) in [6.07, 6.45) is 4.47. The van der Waals surface area contributed by atoms with Crippen LogP contribution in [-0.4, -0.2) is 29.5 Å². The molecule has 2 rings (SSSR count). The number of likely N-dealkylation sites (tertiary alicyclic amines) is 1. The largest absolute Gasteiger partial charge is 0.478 e. The minimum absolute atomic E-state index is 0.00345. The molecule has 0 N–H and O–H groups in total. The second-order valence-electron chi connectivity index (χ2n) is 5.77. The van der Waals surface area contributed by atoms with Crippen molar-refractivity contribution in [3.8, 4) is 5.75 Å². The molecule has 0 saturated carbocycles. The summed E-state index contributed by atoms with van der Waals surface area (Å²) in [7, 11) is 0. The monoisotopic (exact) mass is 279 g/mol. The summed E-state index contributed by atoms with van der Waals surface area (Å²) in [4.78, 5) is 14.5. The zero-order valence-corrected chi connectivity index (χ0v) is 12.2. The molecule has 0 spiro atoms. The van der Waals surface area contributed by atoms with Crippen molar-refractivity contribution >= 4 is 5.91 Å². The van der Waals surface area contributed by atoms with Gasteiger partial charge in [0.1, 0.15) is 11.6 Å². The summed E-state index contributed by atoms with van der Waals surface area (Å²) in [5.41, 5.74) is -0.928. The zero-order valence-electron chi connectivity index (χ0n) is 12.2. The SMILES string of the molecule is CC(C)(Oc1ccc(F)cc1)C(=O)N1CCCCCC1. The fraction of sp³-hybridized carbons (Fsp3) is 0.562. The number of hydrogen-bond acceptors (Lipinski definition) is 2. The van der Waals surface area contributed by atoms with Gasteiger partial charge in [0.2, 0.25) is 0 Å². The molecular weight excluding hydrogens is 257 g/mol. The van der Waals surface area contributed by atoms with Gasteiger partial charge >= 0.3 is 0 Å². The summed E-state index contributed by atoms with van der Waals surface area (Å²) < 4.78 is 18.6. The maximum absolute atomic E-state index is 12.9. The molecule has 3 nitrogen and oxygen atoms in total.